The summed E-state index contributed by atoms with van der Waals surface area (Å²) >= 11 is 0. The van der Waals surface area contributed by atoms with Crippen molar-refractivity contribution < 1.29 is 14.4 Å². The molecule has 0 saturated carbocycles. The summed E-state index contributed by atoms with van der Waals surface area (Å²) in [4.78, 5) is 35.7. The molecule has 2 aromatic rings. The van der Waals surface area contributed by atoms with E-state index in [1.807, 2.05) is 0 Å². The molecule has 2 amide bonds. The van der Waals surface area contributed by atoms with Crippen LogP contribution in [0.25, 0.3) is 0 Å². The molecule has 2 N–H and O–H groups in total. The van der Waals surface area contributed by atoms with E-state index in [9.17, 15) is 14.4 Å². The van der Waals surface area contributed by atoms with Crippen molar-refractivity contribution in [3.8, 4) is 0 Å². The van der Waals surface area contributed by atoms with E-state index in [2.05, 4.69) is 17.2 Å². The third kappa shape index (κ3) is 4.39. The number of amides is 2. The molecule has 0 radical (unpaired) electrons. The number of nitrogens with one attached hydrogen (secondary N) is 2. The molecule has 0 spiro atoms. The molecular weight excluding hydrogens is 304 g/mol. The van der Waals surface area contributed by atoms with Crippen LogP contribution in [0.15, 0.2) is 61.2 Å². The maximum atomic E-state index is 12.3. The topological polar surface area (TPSA) is 75.3 Å². The van der Waals surface area contributed by atoms with Crippen molar-refractivity contribution in [2.45, 2.75) is 6.92 Å². The van der Waals surface area contributed by atoms with E-state index in [-0.39, 0.29) is 17.6 Å². The number of hydrogen-bond donors (Lipinski definition) is 2. The van der Waals surface area contributed by atoms with Crippen LogP contribution in [0.1, 0.15) is 38.0 Å². The van der Waals surface area contributed by atoms with Crippen molar-refractivity contribution in [2.75, 3.05) is 11.9 Å². The van der Waals surface area contributed by atoms with Crippen molar-refractivity contribution in [3.05, 3.63) is 77.9 Å². The Labute approximate surface area is 140 Å². The van der Waals surface area contributed by atoms with Crippen LogP contribution in [0.3, 0.4) is 0 Å². The molecule has 0 unspecified atom stereocenters. The Morgan fingerprint density at radius 3 is 2.25 bits per heavy atom. The van der Waals surface area contributed by atoms with Gasteiger partial charge in [-0.15, -0.1) is 6.58 Å². The molecule has 0 bridgehead atoms. The molecule has 24 heavy (non-hydrogen) atoms. The fourth-order valence-electron chi connectivity index (χ4n) is 2.09. The average Bonchev–Trinajstić information content (AvgIpc) is 2.60. The number of rotatable bonds is 6. The van der Waals surface area contributed by atoms with Gasteiger partial charge in [-0.25, -0.2) is 0 Å². The normalized spacial score (nSPS) is 9.88. The summed E-state index contributed by atoms with van der Waals surface area (Å²) in [7, 11) is 0. The van der Waals surface area contributed by atoms with E-state index in [0.29, 0.717) is 28.9 Å². The second kappa shape index (κ2) is 7.87. The smallest absolute Gasteiger partial charge is 0.255 e. The minimum Gasteiger partial charge on any atom is -0.349 e. The monoisotopic (exact) mass is 322 g/mol. The Morgan fingerprint density at radius 1 is 0.958 bits per heavy atom. The predicted octanol–water partition coefficient (Wildman–Crippen LogP) is 3.06. The van der Waals surface area contributed by atoms with Crippen LogP contribution in [0.2, 0.25) is 0 Å². The number of Topliss-reactive ketones (excluding diaryl/α,β-unsaturated/α-hetero) is 1. The van der Waals surface area contributed by atoms with Gasteiger partial charge in [-0.3, -0.25) is 14.4 Å². The third-order valence-electron chi connectivity index (χ3n) is 3.32. The summed E-state index contributed by atoms with van der Waals surface area (Å²) in [6, 6.07) is 13.1. The highest BCUT2D eigenvalue weighted by atomic mass is 16.2. The van der Waals surface area contributed by atoms with E-state index < -0.39 is 0 Å². The Balaban J connectivity index is 2.15. The Hall–Kier alpha value is -3.21. The van der Waals surface area contributed by atoms with Crippen LogP contribution in [-0.4, -0.2) is 24.1 Å². The predicted molar refractivity (Wildman–Crippen MR) is 93.4 cm³/mol. The molecule has 0 aliphatic carbocycles. The van der Waals surface area contributed by atoms with Crippen molar-refractivity contribution in [3.63, 3.8) is 0 Å². The van der Waals surface area contributed by atoms with Gasteiger partial charge in [0.1, 0.15) is 0 Å². The highest BCUT2D eigenvalue weighted by Crippen LogP contribution is 2.13. The molecule has 0 aromatic heterocycles. The van der Waals surface area contributed by atoms with Gasteiger partial charge in [0.15, 0.2) is 5.78 Å². The molecule has 0 aliphatic heterocycles. The molecule has 0 aliphatic rings. The van der Waals surface area contributed by atoms with Gasteiger partial charge in [0.2, 0.25) is 0 Å². The van der Waals surface area contributed by atoms with E-state index in [0.717, 1.165) is 0 Å². The number of carbonyl (C=O) groups is 3. The molecule has 0 heterocycles. The quantitative estimate of drug-likeness (QED) is 0.634. The van der Waals surface area contributed by atoms with E-state index in [1.165, 1.54) is 13.0 Å². The molecular formula is C19H18N2O3. The van der Waals surface area contributed by atoms with Crippen LogP contribution >= 0.6 is 0 Å². The molecule has 0 saturated heterocycles. The highest BCUT2D eigenvalue weighted by Gasteiger charge is 2.11. The first kappa shape index (κ1) is 17.1. The Kier molecular flexibility index (Phi) is 5.63. The van der Waals surface area contributed by atoms with Crippen molar-refractivity contribution in [2.24, 2.45) is 0 Å². The first-order valence-corrected chi connectivity index (χ1v) is 7.43. The standard InChI is InChI=1S/C19H18N2O3/c1-3-10-20-18(23)15-7-4-8-16(11-15)19(24)21-17-9-5-6-14(12-17)13(2)22/h3-9,11-12H,1,10H2,2H3,(H,20,23)(H,21,24). The van der Waals surface area contributed by atoms with Gasteiger partial charge in [0, 0.05) is 28.9 Å². The second-order valence-electron chi connectivity index (χ2n) is 5.17. The minimum atomic E-state index is -0.353. The van der Waals surface area contributed by atoms with Gasteiger partial charge < -0.3 is 10.6 Å². The van der Waals surface area contributed by atoms with Gasteiger partial charge in [0.05, 0.1) is 0 Å². The van der Waals surface area contributed by atoms with Crippen LogP contribution < -0.4 is 10.6 Å². The van der Waals surface area contributed by atoms with Gasteiger partial charge >= 0.3 is 0 Å². The summed E-state index contributed by atoms with van der Waals surface area (Å²) in [5.74, 6) is -0.704. The molecule has 0 atom stereocenters. The molecule has 0 fully saturated rings. The summed E-state index contributed by atoms with van der Waals surface area (Å²) in [5, 5.41) is 5.38. The van der Waals surface area contributed by atoms with Crippen LogP contribution in [0, 0.1) is 0 Å². The number of hydrogen-bond acceptors (Lipinski definition) is 3. The lowest BCUT2D eigenvalue weighted by Crippen LogP contribution is -2.23. The molecule has 122 valence electrons. The van der Waals surface area contributed by atoms with Gasteiger partial charge in [0.25, 0.3) is 11.8 Å². The zero-order chi connectivity index (χ0) is 17.5. The summed E-state index contributed by atoms with van der Waals surface area (Å²) in [6.45, 7) is 5.35. The van der Waals surface area contributed by atoms with Crippen molar-refractivity contribution >= 4 is 23.3 Å². The van der Waals surface area contributed by atoms with Crippen LogP contribution in [-0.2, 0) is 0 Å². The fourth-order valence-corrected chi connectivity index (χ4v) is 2.09. The summed E-state index contributed by atoms with van der Waals surface area (Å²) in [6.07, 6.45) is 1.58. The minimum absolute atomic E-state index is 0.0769. The molecule has 5 heteroatoms. The zero-order valence-electron chi connectivity index (χ0n) is 13.3. The second-order valence-corrected chi connectivity index (χ2v) is 5.17. The highest BCUT2D eigenvalue weighted by molar-refractivity contribution is 6.06. The van der Waals surface area contributed by atoms with Crippen molar-refractivity contribution in [1.82, 2.24) is 5.32 Å². The number of ketones is 1. The van der Waals surface area contributed by atoms with Gasteiger partial charge in [-0.05, 0) is 37.3 Å². The van der Waals surface area contributed by atoms with E-state index in [1.54, 1.807) is 48.5 Å². The van der Waals surface area contributed by atoms with E-state index in [4.69, 9.17) is 0 Å². The Bertz CT molecular complexity index is 797. The third-order valence-corrected chi connectivity index (χ3v) is 3.32. The maximum absolute atomic E-state index is 12.3. The number of anilines is 1. The largest absolute Gasteiger partial charge is 0.349 e. The molecule has 5 nitrogen and oxygen atoms in total. The average molecular weight is 322 g/mol. The van der Waals surface area contributed by atoms with Crippen LogP contribution in [0.4, 0.5) is 5.69 Å². The zero-order valence-corrected chi connectivity index (χ0v) is 13.3. The maximum Gasteiger partial charge on any atom is 0.255 e. The van der Waals surface area contributed by atoms with E-state index >= 15 is 0 Å². The first-order valence-electron chi connectivity index (χ1n) is 7.43. The van der Waals surface area contributed by atoms with Crippen molar-refractivity contribution in [1.29, 1.82) is 0 Å². The summed E-state index contributed by atoms with van der Waals surface area (Å²) in [5.41, 5.74) is 1.79. The van der Waals surface area contributed by atoms with Crippen LogP contribution in [0.5, 0.6) is 0 Å². The summed E-state index contributed by atoms with van der Waals surface area (Å²) < 4.78 is 0. The lowest BCUT2D eigenvalue weighted by molar-refractivity contribution is 0.0957. The number of carbonyl (C=O) groups excluding carboxylic acids is 3. The lowest BCUT2D eigenvalue weighted by atomic mass is 10.1. The van der Waals surface area contributed by atoms with Gasteiger partial charge in [-0.1, -0.05) is 24.3 Å². The Morgan fingerprint density at radius 2 is 1.58 bits per heavy atom. The number of benzene rings is 2. The fraction of sp³-hybridized carbons (Fsp3) is 0.105. The SMILES string of the molecule is C=CCNC(=O)c1cccc(C(=O)Nc2cccc(C(C)=O)c2)c1. The molecule has 2 rings (SSSR count). The lowest BCUT2D eigenvalue weighted by Gasteiger charge is -2.08. The van der Waals surface area contributed by atoms with Gasteiger partial charge in [-0.2, -0.15) is 0 Å². The first-order chi connectivity index (χ1) is 11.5. The molecule has 2 aromatic carbocycles.